The van der Waals surface area contributed by atoms with E-state index >= 15 is 0 Å². The van der Waals surface area contributed by atoms with E-state index in [1.54, 1.807) is 18.2 Å². The van der Waals surface area contributed by atoms with E-state index in [0.717, 1.165) is 22.4 Å². The van der Waals surface area contributed by atoms with Gasteiger partial charge in [-0.25, -0.2) is 4.68 Å². The molecule has 1 aromatic heterocycles. The summed E-state index contributed by atoms with van der Waals surface area (Å²) < 4.78 is 0.947. The van der Waals surface area contributed by atoms with E-state index in [4.69, 9.17) is 5.73 Å². The summed E-state index contributed by atoms with van der Waals surface area (Å²) in [5.74, 6) is -0.421. The van der Waals surface area contributed by atoms with Crippen molar-refractivity contribution in [3.63, 3.8) is 0 Å². The lowest BCUT2D eigenvalue weighted by Crippen LogP contribution is -2.33. The number of nitrogens with zero attached hydrogens (tertiary/aromatic N) is 1. The van der Waals surface area contributed by atoms with E-state index in [-0.39, 0.29) is 6.54 Å². The summed E-state index contributed by atoms with van der Waals surface area (Å²) in [7, 11) is 0. The predicted octanol–water partition coefficient (Wildman–Crippen LogP) is -0.366. The number of rotatable bonds is 4. The van der Waals surface area contributed by atoms with Gasteiger partial charge in [-0.05, 0) is 11.6 Å². The van der Waals surface area contributed by atoms with E-state index in [1.807, 2.05) is 6.07 Å². The van der Waals surface area contributed by atoms with Crippen LogP contribution in [0, 0.1) is 0 Å². The van der Waals surface area contributed by atoms with Crippen LogP contribution in [0.2, 0.25) is 0 Å². The van der Waals surface area contributed by atoms with Crippen LogP contribution in [0.4, 0.5) is 5.69 Å². The fraction of sp³-hybridized carbons (Fsp3) is 0.154. The Morgan fingerprint density at radius 2 is 1.95 bits per heavy atom. The fourth-order valence-corrected chi connectivity index (χ4v) is 1.73. The number of nitrogens with two attached hydrogens (primary N) is 1. The highest BCUT2D eigenvalue weighted by atomic mass is 16.2. The first-order valence-corrected chi connectivity index (χ1v) is 5.98. The molecule has 0 fully saturated rings. The molecular weight excluding hydrogens is 260 g/mol. The molecule has 20 heavy (non-hydrogen) atoms. The molecule has 0 unspecified atom stereocenters. The third-order valence-corrected chi connectivity index (χ3v) is 2.70. The van der Waals surface area contributed by atoms with E-state index in [1.165, 1.54) is 0 Å². The predicted molar refractivity (Wildman–Crippen MR) is 74.3 cm³/mol. The molecule has 7 heteroatoms. The van der Waals surface area contributed by atoms with Gasteiger partial charge in [-0.1, -0.05) is 18.2 Å². The number of hydrogen-bond donors (Lipinski definition) is 3. The van der Waals surface area contributed by atoms with Crippen LogP contribution in [0.3, 0.4) is 0 Å². The second-order valence-corrected chi connectivity index (χ2v) is 4.14. The van der Waals surface area contributed by atoms with Crippen molar-refractivity contribution in [2.45, 2.75) is 13.1 Å². The van der Waals surface area contributed by atoms with Gasteiger partial charge in [0.2, 0.25) is 5.91 Å². The molecule has 0 bridgehead atoms. The first kappa shape index (κ1) is 13.8. The highest BCUT2D eigenvalue weighted by Crippen LogP contribution is 2.13. The summed E-state index contributed by atoms with van der Waals surface area (Å²) in [5.41, 5.74) is 6.05. The first-order chi connectivity index (χ1) is 9.60. The van der Waals surface area contributed by atoms with Crippen LogP contribution < -0.4 is 22.2 Å². The number of aromatic amines is 1. The molecule has 0 saturated carbocycles. The molecule has 1 aromatic carbocycles. The molecule has 0 atom stereocenters. The van der Waals surface area contributed by atoms with Gasteiger partial charge in [-0.3, -0.25) is 19.5 Å². The van der Waals surface area contributed by atoms with Gasteiger partial charge in [0.1, 0.15) is 6.54 Å². The number of carbonyl (C=O) groups is 1. The zero-order valence-corrected chi connectivity index (χ0v) is 10.6. The number of para-hydroxylation sites is 1. The third-order valence-electron chi connectivity index (χ3n) is 2.70. The summed E-state index contributed by atoms with van der Waals surface area (Å²) >= 11 is 0. The van der Waals surface area contributed by atoms with Gasteiger partial charge < -0.3 is 11.1 Å². The summed E-state index contributed by atoms with van der Waals surface area (Å²) in [4.78, 5) is 34.5. The van der Waals surface area contributed by atoms with Crippen molar-refractivity contribution < 1.29 is 4.79 Å². The molecule has 4 N–H and O–H groups in total. The van der Waals surface area contributed by atoms with Gasteiger partial charge in [0.25, 0.3) is 11.1 Å². The highest BCUT2D eigenvalue weighted by molar-refractivity contribution is 5.91. The van der Waals surface area contributed by atoms with Crippen molar-refractivity contribution in [2.24, 2.45) is 5.73 Å². The Balaban J connectivity index is 2.15. The van der Waals surface area contributed by atoms with Gasteiger partial charge in [-0.15, -0.1) is 0 Å². The van der Waals surface area contributed by atoms with Gasteiger partial charge >= 0.3 is 0 Å². The molecule has 104 valence electrons. The molecule has 1 heterocycles. The molecule has 0 saturated heterocycles. The quantitative estimate of drug-likeness (QED) is 0.706. The van der Waals surface area contributed by atoms with Gasteiger partial charge in [0.15, 0.2) is 0 Å². The minimum Gasteiger partial charge on any atom is -0.326 e. The van der Waals surface area contributed by atoms with E-state index in [0.29, 0.717) is 12.2 Å². The maximum Gasteiger partial charge on any atom is 0.265 e. The molecule has 2 rings (SSSR count). The number of nitrogens with one attached hydrogen (secondary N) is 2. The lowest BCUT2D eigenvalue weighted by atomic mass is 10.2. The number of H-pyrrole nitrogens is 1. The molecule has 2 aromatic rings. The van der Waals surface area contributed by atoms with Crippen molar-refractivity contribution in [2.75, 3.05) is 5.32 Å². The molecular formula is C13H14N4O3. The van der Waals surface area contributed by atoms with Crippen LogP contribution in [0.1, 0.15) is 5.56 Å². The van der Waals surface area contributed by atoms with Crippen LogP contribution in [0.15, 0.2) is 46.0 Å². The monoisotopic (exact) mass is 274 g/mol. The number of carbonyl (C=O) groups excluding carboxylic acids is 1. The Morgan fingerprint density at radius 1 is 1.20 bits per heavy atom. The second kappa shape index (κ2) is 5.98. The lowest BCUT2D eigenvalue weighted by molar-refractivity contribution is -0.117. The maximum atomic E-state index is 11.9. The van der Waals surface area contributed by atoms with Crippen molar-refractivity contribution in [1.82, 2.24) is 9.78 Å². The Bertz CT molecular complexity index is 733. The molecule has 0 radical (unpaired) electrons. The molecule has 0 aliphatic carbocycles. The SMILES string of the molecule is NCc1ccccc1NC(=O)Cn1[nH]c(=O)ccc1=O. The standard InChI is InChI=1S/C13H14N4O3/c14-7-9-3-1-2-4-10(9)15-12(19)8-17-13(20)6-5-11(18)16-17/h1-6H,7-8,14H2,(H,15,19)(H,16,18). The van der Waals surface area contributed by atoms with Crippen molar-refractivity contribution in [1.29, 1.82) is 0 Å². The second-order valence-electron chi connectivity index (χ2n) is 4.14. The first-order valence-electron chi connectivity index (χ1n) is 5.98. The van der Waals surface area contributed by atoms with E-state index in [9.17, 15) is 14.4 Å². The van der Waals surface area contributed by atoms with Crippen molar-refractivity contribution >= 4 is 11.6 Å². The minimum atomic E-state index is -0.452. The fourth-order valence-electron chi connectivity index (χ4n) is 1.73. The molecule has 0 spiro atoms. The number of anilines is 1. The number of amides is 1. The summed E-state index contributed by atoms with van der Waals surface area (Å²) in [6.45, 7) is 0.0202. The summed E-state index contributed by atoms with van der Waals surface area (Å²) in [5, 5.41) is 4.94. The summed E-state index contributed by atoms with van der Waals surface area (Å²) in [6.07, 6.45) is 0. The molecule has 0 aliphatic heterocycles. The Labute approximate surface area is 114 Å². The van der Waals surface area contributed by atoms with Crippen LogP contribution >= 0.6 is 0 Å². The normalized spacial score (nSPS) is 10.2. The minimum absolute atomic E-state index is 0.270. The molecule has 0 aliphatic rings. The molecule has 7 nitrogen and oxygen atoms in total. The zero-order chi connectivity index (χ0) is 14.5. The Kier molecular flexibility index (Phi) is 4.11. The van der Waals surface area contributed by atoms with Gasteiger partial charge in [0, 0.05) is 24.4 Å². The van der Waals surface area contributed by atoms with Crippen LogP contribution in [0.25, 0.3) is 0 Å². The lowest BCUT2D eigenvalue weighted by Gasteiger charge is -2.10. The average Bonchev–Trinajstić information content (AvgIpc) is 2.43. The van der Waals surface area contributed by atoms with Crippen molar-refractivity contribution in [3.8, 4) is 0 Å². The zero-order valence-electron chi connectivity index (χ0n) is 10.6. The smallest absolute Gasteiger partial charge is 0.265 e. The van der Waals surface area contributed by atoms with Crippen LogP contribution in [-0.2, 0) is 17.9 Å². The van der Waals surface area contributed by atoms with E-state index < -0.39 is 17.0 Å². The third kappa shape index (κ3) is 3.21. The van der Waals surface area contributed by atoms with E-state index in [2.05, 4.69) is 10.4 Å². The largest absolute Gasteiger partial charge is 0.326 e. The highest BCUT2D eigenvalue weighted by Gasteiger charge is 2.07. The Hall–Kier alpha value is -2.67. The number of benzene rings is 1. The van der Waals surface area contributed by atoms with Crippen molar-refractivity contribution in [3.05, 3.63) is 62.7 Å². The van der Waals surface area contributed by atoms with Gasteiger partial charge in [-0.2, -0.15) is 0 Å². The van der Waals surface area contributed by atoms with Crippen LogP contribution in [-0.4, -0.2) is 15.7 Å². The maximum absolute atomic E-state index is 11.9. The number of hydrogen-bond acceptors (Lipinski definition) is 4. The van der Waals surface area contributed by atoms with Gasteiger partial charge in [0.05, 0.1) is 0 Å². The Morgan fingerprint density at radius 3 is 2.70 bits per heavy atom. The number of aromatic nitrogens is 2. The summed E-state index contributed by atoms with van der Waals surface area (Å²) in [6, 6.07) is 9.32. The molecule has 1 amide bonds. The topological polar surface area (TPSA) is 110 Å². The van der Waals surface area contributed by atoms with Crippen LogP contribution in [0.5, 0.6) is 0 Å². The average molecular weight is 274 g/mol.